The molecule has 0 aliphatic heterocycles. The van der Waals surface area contributed by atoms with E-state index in [0.29, 0.717) is 25.9 Å². The number of hydrogen-bond acceptors (Lipinski definition) is 6. The summed E-state index contributed by atoms with van der Waals surface area (Å²) >= 11 is 0. The highest BCUT2D eigenvalue weighted by Crippen LogP contribution is 2.10. The van der Waals surface area contributed by atoms with Crippen molar-refractivity contribution in [3.05, 3.63) is 18.2 Å². The maximum Gasteiger partial charge on any atom is 0.320 e. The number of esters is 1. The van der Waals surface area contributed by atoms with E-state index in [1.807, 2.05) is 43.5 Å². The Morgan fingerprint density at radius 1 is 1.40 bits per heavy atom. The van der Waals surface area contributed by atoms with Crippen molar-refractivity contribution >= 4 is 11.9 Å². The highest BCUT2D eigenvalue weighted by atomic mass is 16.6. The van der Waals surface area contributed by atoms with Crippen LogP contribution in [0.4, 0.5) is 0 Å². The molecule has 0 amide bonds. The van der Waals surface area contributed by atoms with E-state index < -0.39 is 17.6 Å². The van der Waals surface area contributed by atoms with Gasteiger partial charge < -0.3 is 20.1 Å². The van der Waals surface area contributed by atoms with Crippen LogP contribution in [-0.2, 0) is 27.9 Å². The van der Waals surface area contributed by atoms with Gasteiger partial charge in [0, 0.05) is 19.4 Å². The quantitative estimate of drug-likeness (QED) is 0.479. The lowest BCUT2D eigenvalue weighted by Crippen LogP contribution is -2.36. The van der Waals surface area contributed by atoms with Crippen molar-refractivity contribution < 1.29 is 19.4 Å². The second kappa shape index (κ2) is 9.53. The zero-order valence-electron chi connectivity index (χ0n) is 15.6. The molecule has 1 atom stereocenters. The highest BCUT2D eigenvalue weighted by Gasteiger charge is 2.20. The van der Waals surface area contributed by atoms with Gasteiger partial charge in [-0.2, -0.15) is 0 Å². The Morgan fingerprint density at radius 2 is 2.08 bits per heavy atom. The van der Waals surface area contributed by atoms with Crippen molar-refractivity contribution in [2.75, 3.05) is 13.1 Å². The minimum absolute atomic E-state index is 0.162. The van der Waals surface area contributed by atoms with Crippen molar-refractivity contribution in [2.45, 2.75) is 58.2 Å². The van der Waals surface area contributed by atoms with Crippen molar-refractivity contribution in [1.82, 2.24) is 14.5 Å². The average Bonchev–Trinajstić information content (AvgIpc) is 2.86. The Bertz CT molecular complexity index is 565. The van der Waals surface area contributed by atoms with Gasteiger partial charge in [0.25, 0.3) is 0 Å². The molecule has 0 saturated heterocycles. The van der Waals surface area contributed by atoms with E-state index in [-0.39, 0.29) is 12.5 Å². The number of nitrogens with zero attached hydrogens (tertiary/aromatic N) is 3. The number of hydrogen-bond donors (Lipinski definition) is 2. The maximum atomic E-state index is 12.1. The average molecular weight is 354 g/mol. The first kappa shape index (κ1) is 21.1. The Balaban J connectivity index is 2.57. The minimum atomic E-state index is -0.987. The number of ether oxygens (including phenoxy) is 1. The number of imidazole rings is 1. The zero-order valence-corrected chi connectivity index (χ0v) is 15.6. The summed E-state index contributed by atoms with van der Waals surface area (Å²) in [6, 6.07) is -0.839. The van der Waals surface area contributed by atoms with Gasteiger partial charge in [-0.3, -0.25) is 14.5 Å². The molecule has 0 radical (unpaired) electrons. The Labute approximate surface area is 149 Å². The predicted octanol–water partition coefficient (Wildman–Crippen LogP) is 1.15. The van der Waals surface area contributed by atoms with E-state index in [1.165, 1.54) is 0 Å². The number of unbranched alkanes of at least 4 members (excludes halogenated alkanes) is 1. The monoisotopic (exact) mass is 354 g/mol. The molecule has 3 N–H and O–H groups in total. The number of nitrogens with two attached hydrogens (primary N) is 1. The molecule has 1 heterocycles. The predicted molar refractivity (Wildman–Crippen MR) is 93.8 cm³/mol. The fourth-order valence-electron chi connectivity index (χ4n) is 2.34. The van der Waals surface area contributed by atoms with E-state index in [9.17, 15) is 9.59 Å². The van der Waals surface area contributed by atoms with Crippen LogP contribution in [-0.4, -0.2) is 56.2 Å². The summed E-state index contributed by atoms with van der Waals surface area (Å²) in [5.41, 5.74) is 4.98. The molecular formula is C17H30N4O4. The molecule has 1 unspecified atom stereocenters. The van der Waals surface area contributed by atoms with Crippen molar-refractivity contribution in [3.8, 4) is 0 Å². The van der Waals surface area contributed by atoms with Gasteiger partial charge in [0.1, 0.15) is 17.5 Å². The number of carbonyl (C=O) groups is 2. The molecule has 142 valence electrons. The summed E-state index contributed by atoms with van der Waals surface area (Å²) in [7, 11) is 1.90. The third-order valence-corrected chi connectivity index (χ3v) is 3.62. The van der Waals surface area contributed by atoms with Crippen molar-refractivity contribution in [3.63, 3.8) is 0 Å². The summed E-state index contributed by atoms with van der Waals surface area (Å²) in [6.07, 6.45) is 5.41. The van der Waals surface area contributed by atoms with Gasteiger partial charge in [-0.1, -0.05) is 6.42 Å². The molecule has 0 aromatic carbocycles. The number of carboxylic acids is 1. The zero-order chi connectivity index (χ0) is 19.0. The Hall–Kier alpha value is -1.93. The van der Waals surface area contributed by atoms with Gasteiger partial charge >= 0.3 is 11.9 Å². The number of aromatic nitrogens is 2. The van der Waals surface area contributed by atoms with Crippen LogP contribution >= 0.6 is 0 Å². The van der Waals surface area contributed by atoms with E-state index in [4.69, 9.17) is 15.6 Å². The minimum Gasteiger partial charge on any atom is -0.480 e. The number of rotatable bonds is 10. The molecule has 8 nitrogen and oxygen atoms in total. The lowest BCUT2D eigenvalue weighted by molar-refractivity contribution is -0.156. The van der Waals surface area contributed by atoms with E-state index in [1.54, 1.807) is 6.20 Å². The van der Waals surface area contributed by atoms with Gasteiger partial charge in [0.15, 0.2) is 0 Å². The SMILES string of the molecule is Cn1ccnc1CN(CCCCC(N)C(=O)O)CC(=O)OC(C)(C)C. The summed E-state index contributed by atoms with van der Waals surface area (Å²) in [5.74, 6) is -0.423. The molecule has 0 fully saturated rings. The molecule has 0 aliphatic rings. The fraction of sp³-hybridized carbons (Fsp3) is 0.706. The number of carbonyl (C=O) groups excluding carboxylic acids is 1. The van der Waals surface area contributed by atoms with Crippen LogP contribution < -0.4 is 5.73 Å². The lowest BCUT2D eigenvalue weighted by Gasteiger charge is -2.25. The molecular weight excluding hydrogens is 324 g/mol. The van der Waals surface area contributed by atoms with Crippen LogP contribution in [0.2, 0.25) is 0 Å². The standard InChI is InChI=1S/C17H30N4O4/c1-17(2,3)25-15(22)12-21(11-14-19-8-10-20(14)4)9-6-5-7-13(18)16(23)24/h8,10,13H,5-7,9,11-12,18H2,1-4H3,(H,23,24). The highest BCUT2D eigenvalue weighted by molar-refractivity contribution is 5.73. The maximum absolute atomic E-state index is 12.1. The Morgan fingerprint density at radius 3 is 2.60 bits per heavy atom. The van der Waals surface area contributed by atoms with Gasteiger partial charge in [-0.15, -0.1) is 0 Å². The second-order valence-electron chi connectivity index (χ2n) is 7.19. The van der Waals surface area contributed by atoms with Crippen LogP contribution in [0.3, 0.4) is 0 Å². The molecule has 1 rings (SSSR count). The fourth-order valence-corrected chi connectivity index (χ4v) is 2.34. The van der Waals surface area contributed by atoms with E-state index >= 15 is 0 Å². The van der Waals surface area contributed by atoms with Gasteiger partial charge in [-0.25, -0.2) is 4.98 Å². The van der Waals surface area contributed by atoms with Crippen molar-refractivity contribution in [2.24, 2.45) is 12.8 Å². The van der Waals surface area contributed by atoms with Crippen LogP contribution in [0, 0.1) is 0 Å². The molecule has 1 aromatic heterocycles. The normalized spacial score (nSPS) is 13.0. The van der Waals surface area contributed by atoms with Crippen LogP contribution in [0.1, 0.15) is 45.9 Å². The van der Waals surface area contributed by atoms with E-state index in [0.717, 1.165) is 12.2 Å². The lowest BCUT2D eigenvalue weighted by atomic mass is 10.1. The first-order valence-corrected chi connectivity index (χ1v) is 8.47. The van der Waals surface area contributed by atoms with Crippen molar-refractivity contribution in [1.29, 1.82) is 0 Å². The first-order valence-electron chi connectivity index (χ1n) is 8.47. The molecule has 25 heavy (non-hydrogen) atoms. The summed E-state index contributed by atoms with van der Waals surface area (Å²) in [5, 5.41) is 8.81. The smallest absolute Gasteiger partial charge is 0.320 e. The number of carboxylic acid groups (broad SMARTS) is 1. The third kappa shape index (κ3) is 8.64. The molecule has 0 saturated carbocycles. The molecule has 1 aromatic rings. The molecule has 0 spiro atoms. The topological polar surface area (TPSA) is 111 Å². The number of aliphatic carboxylic acids is 1. The molecule has 8 heteroatoms. The third-order valence-electron chi connectivity index (χ3n) is 3.62. The van der Waals surface area contributed by atoms with E-state index in [2.05, 4.69) is 4.98 Å². The van der Waals surface area contributed by atoms with Crippen LogP contribution in [0.5, 0.6) is 0 Å². The van der Waals surface area contributed by atoms with Crippen LogP contribution in [0.25, 0.3) is 0 Å². The van der Waals surface area contributed by atoms with Crippen LogP contribution in [0.15, 0.2) is 12.4 Å². The van der Waals surface area contributed by atoms with Gasteiger partial charge in [0.2, 0.25) is 0 Å². The van der Waals surface area contributed by atoms with Gasteiger partial charge in [0.05, 0.1) is 13.1 Å². The summed E-state index contributed by atoms with van der Waals surface area (Å²) in [4.78, 5) is 29.1. The molecule has 0 aliphatic carbocycles. The first-order chi connectivity index (χ1) is 11.6. The second-order valence-corrected chi connectivity index (χ2v) is 7.19. The number of aryl methyl sites for hydroxylation is 1. The summed E-state index contributed by atoms with van der Waals surface area (Å²) < 4.78 is 7.29. The van der Waals surface area contributed by atoms with Gasteiger partial charge in [-0.05, 0) is 40.2 Å². The summed E-state index contributed by atoms with van der Waals surface area (Å²) in [6.45, 7) is 6.82. The Kier molecular flexibility index (Phi) is 8.05. The molecule has 0 bridgehead atoms. The largest absolute Gasteiger partial charge is 0.480 e.